The molecule has 0 radical (unpaired) electrons. The monoisotopic (exact) mass is 294 g/mol. The molecule has 0 amide bonds. The van der Waals surface area contributed by atoms with Crippen LogP contribution in [0.3, 0.4) is 0 Å². The number of nitrogens with zero attached hydrogens (tertiary/aromatic N) is 2. The van der Waals surface area contributed by atoms with Crippen LogP contribution in [0.2, 0.25) is 0 Å². The molecular formula is C13H18N4O2S. The number of rotatable bonds is 6. The number of sulfonamides is 1. The quantitative estimate of drug-likeness (QED) is 0.827. The lowest BCUT2D eigenvalue weighted by Crippen LogP contribution is -2.35. The van der Waals surface area contributed by atoms with E-state index in [1.165, 1.54) is 10.5 Å². The standard InChI is InChI=1S/C13H18N4O2S/c1-11-13(9-15-16-11)20(18,19)17(8-7-14)10-12-5-3-2-4-6-12/h2-6,9H,7-8,10,14H2,1H3,(H,15,16). The van der Waals surface area contributed by atoms with Gasteiger partial charge in [-0.15, -0.1) is 0 Å². The highest BCUT2D eigenvalue weighted by Crippen LogP contribution is 2.19. The third-order valence-corrected chi connectivity index (χ3v) is 4.94. The van der Waals surface area contributed by atoms with Crippen LogP contribution in [0.4, 0.5) is 0 Å². The fourth-order valence-corrected chi connectivity index (χ4v) is 3.52. The SMILES string of the molecule is Cc1[nH]ncc1S(=O)(=O)N(CCN)Cc1ccccc1. The average molecular weight is 294 g/mol. The number of aromatic amines is 1. The molecule has 3 N–H and O–H groups in total. The summed E-state index contributed by atoms with van der Waals surface area (Å²) in [6.45, 7) is 2.51. The molecular weight excluding hydrogens is 276 g/mol. The summed E-state index contributed by atoms with van der Waals surface area (Å²) in [6.07, 6.45) is 1.33. The number of nitrogens with two attached hydrogens (primary N) is 1. The van der Waals surface area contributed by atoms with Crippen LogP contribution in [0, 0.1) is 6.92 Å². The first-order chi connectivity index (χ1) is 9.55. The van der Waals surface area contributed by atoms with Gasteiger partial charge in [-0.3, -0.25) is 5.10 Å². The number of H-pyrrole nitrogens is 1. The molecule has 0 fully saturated rings. The Morgan fingerprint density at radius 3 is 2.55 bits per heavy atom. The van der Waals surface area contributed by atoms with Crippen molar-refractivity contribution in [2.45, 2.75) is 18.4 Å². The van der Waals surface area contributed by atoms with Crippen molar-refractivity contribution in [2.75, 3.05) is 13.1 Å². The van der Waals surface area contributed by atoms with E-state index >= 15 is 0 Å². The van der Waals surface area contributed by atoms with E-state index < -0.39 is 10.0 Å². The smallest absolute Gasteiger partial charge is 0.246 e. The Morgan fingerprint density at radius 1 is 1.30 bits per heavy atom. The third-order valence-electron chi connectivity index (χ3n) is 2.98. The van der Waals surface area contributed by atoms with E-state index in [-0.39, 0.29) is 18.0 Å². The minimum Gasteiger partial charge on any atom is -0.329 e. The molecule has 7 heteroatoms. The summed E-state index contributed by atoms with van der Waals surface area (Å²) in [7, 11) is -3.59. The Balaban J connectivity index is 2.31. The van der Waals surface area contributed by atoms with Crippen LogP contribution in [-0.4, -0.2) is 36.0 Å². The Hall–Kier alpha value is -1.70. The van der Waals surface area contributed by atoms with Gasteiger partial charge in [0.15, 0.2) is 0 Å². The Bertz CT molecular complexity index is 652. The molecule has 2 rings (SSSR count). The van der Waals surface area contributed by atoms with Gasteiger partial charge in [-0.2, -0.15) is 9.40 Å². The predicted octanol–water partition coefficient (Wildman–Crippen LogP) is 0.868. The van der Waals surface area contributed by atoms with E-state index in [9.17, 15) is 8.42 Å². The number of hydrogen-bond donors (Lipinski definition) is 2. The van der Waals surface area contributed by atoms with Crippen LogP contribution in [0.15, 0.2) is 41.4 Å². The van der Waals surface area contributed by atoms with Gasteiger partial charge in [-0.1, -0.05) is 30.3 Å². The zero-order chi connectivity index (χ0) is 14.6. The molecule has 0 aliphatic rings. The first-order valence-corrected chi connectivity index (χ1v) is 7.74. The van der Waals surface area contributed by atoms with Gasteiger partial charge in [-0.25, -0.2) is 8.42 Å². The van der Waals surface area contributed by atoms with Gasteiger partial charge >= 0.3 is 0 Å². The minimum absolute atomic E-state index is 0.196. The lowest BCUT2D eigenvalue weighted by atomic mass is 10.2. The summed E-state index contributed by atoms with van der Waals surface area (Å²) < 4.78 is 26.6. The normalized spacial score (nSPS) is 11.9. The Kier molecular flexibility index (Phi) is 4.53. The molecule has 1 heterocycles. The zero-order valence-electron chi connectivity index (χ0n) is 11.3. The molecule has 108 valence electrons. The summed E-state index contributed by atoms with van der Waals surface area (Å²) >= 11 is 0. The zero-order valence-corrected chi connectivity index (χ0v) is 12.1. The van der Waals surface area contributed by atoms with Crippen molar-refractivity contribution in [3.63, 3.8) is 0 Å². The van der Waals surface area contributed by atoms with E-state index in [1.54, 1.807) is 6.92 Å². The first-order valence-electron chi connectivity index (χ1n) is 6.30. The van der Waals surface area contributed by atoms with Gasteiger partial charge in [0.2, 0.25) is 10.0 Å². The van der Waals surface area contributed by atoms with Crippen LogP contribution in [0.1, 0.15) is 11.3 Å². The van der Waals surface area contributed by atoms with Gasteiger partial charge in [-0.05, 0) is 12.5 Å². The molecule has 0 atom stereocenters. The molecule has 0 bridgehead atoms. The number of aryl methyl sites for hydroxylation is 1. The van der Waals surface area contributed by atoms with Gasteiger partial charge in [0.05, 0.1) is 11.9 Å². The lowest BCUT2D eigenvalue weighted by Gasteiger charge is -2.21. The van der Waals surface area contributed by atoms with Crippen LogP contribution in [0.25, 0.3) is 0 Å². The van der Waals surface area contributed by atoms with Gasteiger partial charge in [0, 0.05) is 19.6 Å². The fourth-order valence-electron chi connectivity index (χ4n) is 1.95. The summed E-state index contributed by atoms with van der Waals surface area (Å²) in [6, 6.07) is 9.44. The molecule has 0 spiro atoms. The van der Waals surface area contributed by atoms with Crippen molar-refractivity contribution in [3.8, 4) is 0 Å². The van der Waals surface area contributed by atoms with E-state index in [4.69, 9.17) is 5.73 Å². The number of aromatic nitrogens is 2. The van der Waals surface area contributed by atoms with E-state index in [0.717, 1.165) is 5.56 Å². The van der Waals surface area contributed by atoms with Crippen molar-refractivity contribution in [2.24, 2.45) is 5.73 Å². The molecule has 0 aliphatic heterocycles. The van der Waals surface area contributed by atoms with Crippen molar-refractivity contribution >= 4 is 10.0 Å². The summed E-state index contributed by atoms with van der Waals surface area (Å²) in [4.78, 5) is 0.196. The predicted molar refractivity (Wildman–Crippen MR) is 76.4 cm³/mol. The van der Waals surface area contributed by atoms with Crippen molar-refractivity contribution in [1.29, 1.82) is 0 Å². The Morgan fingerprint density at radius 2 is 2.00 bits per heavy atom. The first kappa shape index (κ1) is 14.7. The largest absolute Gasteiger partial charge is 0.329 e. The van der Waals surface area contributed by atoms with Crippen molar-refractivity contribution < 1.29 is 8.42 Å². The van der Waals surface area contributed by atoms with E-state index in [0.29, 0.717) is 12.2 Å². The van der Waals surface area contributed by atoms with Gasteiger partial charge in [0.25, 0.3) is 0 Å². The van der Waals surface area contributed by atoms with Crippen LogP contribution in [-0.2, 0) is 16.6 Å². The molecule has 0 saturated heterocycles. The van der Waals surface area contributed by atoms with Crippen LogP contribution in [0.5, 0.6) is 0 Å². The topological polar surface area (TPSA) is 92.1 Å². The maximum absolute atomic E-state index is 12.6. The maximum atomic E-state index is 12.6. The maximum Gasteiger partial charge on any atom is 0.246 e. The highest BCUT2D eigenvalue weighted by atomic mass is 32.2. The number of nitrogens with one attached hydrogen (secondary N) is 1. The van der Waals surface area contributed by atoms with Crippen LogP contribution < -0.4 is 5.73 Å². The van der Waals surface area contributed by atoms with Crippen LogP contribution >= 0.6 is 0 Å². The summed E-state index contributed by atoms with van der Waals surface area (Å²) in [5.74, 6) is 0. The van der Waals surface area contributed by atoms with E-state index in [1.807, 2.05) is 30.3 Å². The van der Waals surface area contributed by atoms with Gasteiger partial charge < -0.3 is 5.73 Å². The Labute approximate surface area is 118 Å². The highest BCUT2D eigenvalue weighted by molar-refractivity contribution is 7.89. The summed E-state index contributed by atoms with van der Waals surface area (Å²) in [5.41, 5.74) is 6.99. The highest BCUT2D eigenvalue weighted by Gasteiger charge is 2.26. The molecule has 6 nitrogen and oxygen atoms in total. The van der Waals surface area contributed by atoms with E-state index in [2.05, 4.69) is 10.2 Å². The molecule has 0 unspecified atom stereocenters. The minimum atomic E-state index is -3.59. The lowest BCUT2D eigenvalue weighted by molar-refractivity contribution is 0.413. The molecule has 0 aliphatic carbocycles. The number of hydrogen-bond acceptors (Lipinski definition) is 4. The molecule has 0 saturated carbocycles. The van der Waals surface area contributed by atoms with Crippen molar-refractivity contribution in [1.82, 2.24) is 14.5 Å². The molecule has 1 aromatic carbocycles. The molecule has 2 aromatic rings. The second-order valence-corrected chi connectivity index (χ2v) is 6.38. The average Bonchev–Trinajstić information content (AvgIpc) is 2.86. The summed E-state index contributed by atoms with van der Waals surface area (Å²) in [5, 5.41) is 6.42. The number of benzene rings is 1. The second-order valence-electron chi connectivity index (χ2n) is 4.47. The molecule has 1 aromatic heterocycles. The fraction of sp³-hybridized carbons (Fsp3) is 0.308. The second kappa shape index (κ2) is 6.17. The molecule has 20 heavy (non-hydrogen) atoms. The van der Waals surface area contributed by atoms with Gasteiger partial charge in [0.1, 0.15) is 4.90 Å². The third kappa shape index (κ3) is 3.06. The van der Waals surface area contributed by atoms with Crippen molar-refractivity contribution in [3.05, 3.63) is 47.8 Å².